The summed E-state index contributed by atoms with van der Waals surface area (Å²) in [5.41, 5.74) is 1.00. The summed E-state index contributed by atoms with van der Waals surface area (Å²) < 4.78 is 7.65. The van der Waals surface area contributed by atoms with Crippen LogP contribution in [0.5, 0.6) is 0 Å². The Labute approximate surface area is 129 Å². The van der Waals surface area contributed by atoms with Gasteiger partial charge in [-0.15, -0.1) is 0 Å². The first-order valence-electron chi connectivity index (χ1n) is 5.64. The van der Waals surface area contributed by atoms with Gasteiger partial charge in [-0.05, 0) is 46.9 Å². The fraction of sp³-hybridized carbons (Fsp3) is 0.231. The molecule has 0 saturated carbocycles. The van der Waals surface area contributed by atoms with Gasteiger partial charge in [0.2, 0.25) is 5.78 Å². The highest BCUT2D eigenvalue weighted by atomic mass is 127. The van der Waals surface area contributed by atoms with E-state index < -0.39 is 0 Å². The molecule has 0 aliphatic carbocycles. The van der Waals surface area contributed by atoms with Gasteiger partial charge in [0.05, 0.1) is 24.4 Å². The van der Waals surface area contributed by atoms with Crippen LogP contribution in [-0.4, -0.2) is 29.3 Å². The molecule has 0 aliphatic rings. The van der Waals surface area contributed by atoms with E-state index in [1.54, 1.807) is 23.9 Å². The SMILES string of the molecule is COCCn1ncc(Cl)c1C(=O)c1ccc(I)cc1. The molecule has 0 atom stereocenters. The number of ketones is 1. The molecular weight excluding hydrogens is 379 g/mol. The zero-order valence-electron chi connectivity index (χ0n) is 10.3. The van der Waals surface area contributed by atoms with E-state index in [1.165, 1.54) is 6.20 Å². The third kappa shape index (κ3) is 3.34. The molecule has 0 spiro atoms. The lowest BCUT2D eigenvalue weighted by Crippen LogP contribution is -2.14. The van der Waals surface area contributed by atoms with Crippen LogP contribution >= 0.6 is 34.2 Å². The molecule has 1 aromatic heterocycles. The van der Waals surface area contributed by atoms with Gasteiger partial charge in [0, 0.05) is 16.2 Å². The minimum Gasteiger partial charge on any atom is -0.383 e. The summed E-state index contributed by atoms with van der Waals surface area (Å²) in [4.78, 5) is 12.4. The Morgan fingerprint density at radius 1 is 1.42 bits per heavy atom. The van der Waals surface area contributed by atoms with Crippen LogP contribution < -0.4 is 0 Å². The normalized spacial score (nSPS) is 10.7. The van der Waals surface area contributed by atoms with E-state index >= 15 is 0 Å². The van der Waals surface area contributed by atoms with E-state index in [1.807, 2.05) is 12.1 Å². The minimum absolute atomic E-state index is 0.130. The molecule has 1 aromatic carbocycles. The van der Waals surface area contributed by atoms with Gasteiger partial charge in [-0.3, -0.25) is 9.48 Å². The Kier molecular flexibility index (Phi) is 4.95. The Hall–Kier alpha value is -0.920. The highest BCUT2D eigenvalue weighted by Crippen LogP contribution is 2.20. The highest BCUT2D eigenvalue weighted by Gasteiger charge is 2.18. The van der Waals surface area contributed by atoms with Crippen molar-refractivity contribution in [1.82, 2.24) is 9.78 Å². The first kappa shape index (κ1) is 14.5. The quantitative estimate of drug-likeness (QED) is 0.582. The summed E-state index contributed by atoms with van der Waals surface area (Å²) in [7, 11) is 1.60. The molecule has 2 aromatic rings. The van der Waals surface area contributed by atoms with Crippen LogP contribution in [0, 0.1) is 3.57 Å². The lowest BCUT2D eigenvalue weighted by atomic mass is 10.1. The van der Waals surface area contributed by atoms with Gasteiger partial charge in [0.25, 0.3) is 0 Å². The van der Waals surface area contributed by atoms with Crippen molar-refractivity contribution in [2.75, 3.05) is 13.7 Å². The van der Waals surface area contributed by atoms with Gasteiger partial charge in [-0.1, -0.05) is 11.6 Å². The van der Waals surface area contributed by atoms with Crippen LogP contribution in [0.15, 0.2) is 30.5 Å². The average Bonchev–Trinajstić information content (AvgIpc) is 2.77. The number of carbonyl (C=O) groups is 1. The average molecular weight is 391 g/mol. The van der Waals surface area contributed by atoms with Crippen LogP contribution in [0.4, 0.5) is 0 Å². The van der Waals surface area contributed by atoms with Gasteiger partial charge >= 0.3 is 0 Å². The maximum absolute atomic E-state index is 12.4. The highest BCUT2D eigenvalue weighted by molar-refractivity contribution is 14.1. The number of halogens is 2. The van der Waals surface area contributed by atoms with Crippen LogP contribution in [0.2, 0.25) is 5.02 Å². The molecule has 0 aliphatic heterocycles. The van der Waals surface area contributed by atoms with Gasteiger partial charge < -0.3 is 4.74 Å². The molecular formula is C13H12ClIN2O2. The summed E-state index contributed by atoms with van der Waals surface area (Å²) >= 11 is 8.25. The van der Waals surface area contributed by atoms with Crippen molar-refractivity contribution in [2.45, 2.75) is 6.54 Å². The molecule has 0 N–H and O–H groups in total. The fourth-order valence-electron chi connectivity index (χ4n) is 1.67. The Balaban J connectivity index is 2.32. The van der Waals surface area contributed by atoms with Gasteiger partial charge in [-0.2, -0.15) is 5.10 Å². The monoisotopic (exact) mass is 390 g/mol. The molecule has 19 heavy (non-hydrogen) atoms. The van der Waals surface area contributed by atoms with Crippen molar-refractivity contribution < 1.29 is 9.53 Å². The largest absolute Gasteiger partial charge is 0.383 e. The molecule has 0 fully saturated rings. The third-order valence-electron chi connectivity index (χ3n) is 2.62. The predicted molar refractivity (Wildman–Crippen MR) is 81.7 cm³/mol. The number of aromatic nitrogens is 2. The van der Waals surface area contributed by atoms with E-state index in [2.05, 4.69) is 27.7 Å². The van der Waals surface area contributed by atoms with E-state index in [4.69, 9.17) is 16.3 Å². The molecule has 6 heteroatoms. The minimum atomic E-state index is -0.130. The maximum Gasteiger partial charge on any atom is 0.212 e. The van der Waals surface area contributed by atoms with Crippen LogP contribution in [0.3, 0.4) is 0 Å². The number of carbonyl (C=O) groups excluding carboxylic acids is 1. The molecule has 0 bridgehead atoms. The molecule has 0 radical (unpaired) electrons. The van der Waals surface area contributed by atoms with Gasteiger partial charge in [0.15, 0.2) is 0 Å². The van der Waals surface area contributed by atoms with Gasteiger partial charge in [-0.25, -0.2) is 0 Å². The molecule has 0 unspecified atom stereocenters. The lowest BCUT2D eigenvalue weighted by Gasteiger charge is -2.07. The predicted octanol–water partition coefficient (Wildman–Crippen LogP) is 3.02. The summed E-state index contributed by atoms with van der Waals surface area (Å²) in [5, 5.41) is 4.46. The summed E-state index contributed by atoms with van der Waals surface area (Å²) in [6.07, 6.45) is 1.48. The van der Waals surface area contributed by atoms with Crippen LogP contribution in [0.25, 0.3) is 0 Å². The number of methoxy groups -OCH3 is 1. The van der Waals surface area contributed by atoms with Crippen molar-refractivity contribution in [1.29, 1.82) is 0 Å². The van der Waals surface area contributed by atoms with E-state index in [9.17, 15) is 4.79 Å². The lowest BCUT2D eigenvalue weighted by molar-refractivity contribution is 0.102. The smallest absolute Gasteiger partial charge is 0.212 e. The molecule has 0 saturated heterocycles. The van der Waals surface area contributed by atoms with Crippen molar-refractivity contribution in [2.24, 2.45) is 0 Å². The topological polar surface area (TPSA) is 44.1 Å². The number of rotatable bonds is 5. The van der Waals surface area contributed by atoms with Crippen molar-refractivity contribution in [3.05, 3.63) is 50.3 Å². The molecule has 4 nitrogen and oxygen atoms in total. The van der Waals surface area contributed by atoms with Crippen LogP contribution in [0.1, 0.15) is 16.1 Å². The zero-order valence-corrected chi connectivity index (χ0v) is 13.2. The number of hydrogen-bond donors (Lipinski definition) is 0. The number of hydrogen-bond acceptors (Lipinski definition) is 3. The van der Waals surface area contributed by atoms with Crippen molar-refractivity contribution >= 4 is 40.0 Å². The fourth-order valence-corrected chi connectivity index (χ4v) is 2.26. The Bertz CT molecular complexity index is 581. The molecule has 100 valence electrons. The van der Waals surface area contributed by atoms with Crippen molar-refractivity contribution in [3.63, 3.8) is 0 Å². The number of benzene rings is 1. The van der Waals surface area contributed by atoms with E-state index in [0.29, 0.717) is 29.4 Å². The first-order chi connectivity index (χ1) is 9.13. The summed E-state index contributed by atoms with van der Waals surface area (Å²) in [6, 6.07) is 7.34. The third-order valence-corrected chi connectivity index (χ3v) is 3.62. The summed E-state index contributed by atoms with van der Waals surface area (Å²) in [6.45, 7) is 0.972. The van der Waals surface area contributed by atoms with E-state index in [0.717, 1.165) is 3.57 Å². The summed E-state index contributed by atoms with van der Waals surface area (Å²) in [5.74, 6) is -0.130. The van der Waals surface area contributed by atoms with E-state index in [-0.39, 0.29) is 5.78 Å². The Morgan fingerprint density at radius 3 is 2.74 bits per heavy atom. The standard InChI is InChI=1S/C13H12ClIN2O2/c1-19-7-6-17-12(11(14)8-16-17)13(18)9-2-4-10(15)5-3-9/h2-5,8H,6-7H2,1H3. The second-order valence-corrected chi connectivity index (χ2v) is 5.55. The second-order valence-electron chi connectivity index (χ2n) is 3.89. The molecule has 0 amide bonds. The molecule has 1 heterocycles. The zero-order chi connectivity index (χ0) is 13.8. The van der Waals surface area contributed by atoms with Crippen molar-refractivity contribution in [3.8, 4) is 0 Å². The number of nitrogens with zero attached hydrogens (tertiary/aromatic N) is 2. The second kappa shape index (κ2) is 6.49. The maximum atomic E-state index is 12.4. The van der Waals surface area contributed by atoms with Crippen LogP contribution in [-0.2, 0) is 11.3 Å². The first-order valence-corrected chi connectivity index (χ1v) is 7.09. The number of ether oxygens (including phenoxy) is 1. The van der Waals surface area contributed by atoms with Gasteiger partial charge in [0.1, 0.15) is 5.69 Å². The Morgan fingerprint density at radius 2 is 2.11 bits per heavy atom. The molecule has 2 rings (SSSR count).